The molecular formula is C32H33ClN6S. The third kappa shape index (κ3) is 5.17. The van der Waals surface area contributed by atoms with E-state index in [0.29, 0.717) is 0 Å². The van der Waals surface area contributed by atoms with Crippen molar-refractivity contribution in [2.75, 3.05) is 19.6 Å². The van der Waals surface area contributed by atoms with Gasteiger partial charge in [-0.3, -0.25) is 10.1 Å². The Kier molecular flexibility index (Phi) is 7.69. The summed E-state index contributed by atoms with van der Waals surface area (Å²) in [5.74, 6) is 0. The van der Waals surface area contributed by atoms with Gasteiger partial charge in [0.2, 0.25) is 0 Å². The van der Waals surface area contributed by atoms with E-state index in [1.54, 1.807) is 11.3 Å². The first-order valence-corrected chi connectivity index (χ1v) is 15.0. The molecule has 6 rings (SSSR count). The zero-order valence-electron chi connectivity index (χ0n) is 22.9. The number of aromatic nitrogens is 5. The van der Waals surface area contributed by atoms with E-state index in [-0.39, 0.29) is 0 Å². The average molecular weight is 569 g/mol. The van der Waals surface area contributed by atoms with E-state index in [2.05, 4.69) is 64.7 Å². The predicted octanol–water partition coefficient (Wildman–Crippen LogP) is 8.58. The predicted molar refractivity (Wildman–Crippen MR) is 169 cm³/mol. The minimum Gasteiger partial charge on any atom is -0.352 e. The van der Waals surface area contributed by atoms with Crippen molar-refractivity contribution in [2.45, 2.75) is 39.5 Å². The Hall–Kier alpha value is -3.52. The van der Waals surface area contributed by atoms with Crippen LogP contribution in [-0.4, -0.2) is 49.7 Å². The van der Waals surface area contributed by atoms with Gasteiger partial charge in [0.05, 0.1) is 33.0 Å². The van der Waals surface area contributed by atoms with Crippen LogP contribution in [0.2, 0.25) is 4.34 Å². The maximum atomic E-state index is 6.25. The van der Waals surface area contributed by atoms with Crippen molar-refractivity contribution >= 4 is 50.4 Å². The molecule has 8 heteroatoms. The van der Waals surface area contributed by atoms with Crippen LogP contribution in [0.3, 0.4) is 0 Å². The highest BCUT2D eigenvalue weighted by Crippen LogP contribution is 2.40. The Balaban J connectivity index is 1.34. The van der Waals surface area contributed by atoms with Crippen molar-refractivity contribution in [3.8, 4) is 21.8 Å². The summed E-state index contributed by atoms with van der Waals surface area (Å²) in [6.07, 6.45) is 14.9. The highest BCUT2D eigenvalue weighted by atomic mass is 35.5. The Labute approximate surface area is 243 Å². The van der Waals surface area contributed by atoms with E-state index in [1.165, 1.54) is 31.5 Å². The number of H-pyrrole nitrogens is 2. The SMILES string of the molecule is C=C/C(=C\C(=C/C)c1ccc2[nH]nc(-c3[nH]c4cncc(-c5ccc(Cl)s5)c4c3C)c2n1)CCCN1CCCC1. The molecule has 0 aliphatic carbocycles. The number of halogens is 1. The number of fused-ring (bicyclic) bond motifs is 2. The first-order valence-electron chi connectivity index (χ1n) is 13.8. The number of pyridine rings is 2. The van der Waals surface area contributed by atoms with Crippen LogP contribution in [0.4, 0.5) is 0 Å². The summed E-state index contributed by atoms with van der Waals surface area (Å²) in [6, 6.07) is 8.09. The highest BCUT2D eigenvalue weighted by molar-refractivity contribution is 7.19. The maximum absolute atomic E-state index is 6.25. The summed E-state index contributed by atoms with van der Waals surface area (Å²) in [5, 5.41) is 9.00. The van der Waals surface area contributed by atoms with Gasteiger partial charge in [-0.25, -0.2) is 4.98 Å². The highest BCUT2D eigenvalue weighted by Gasteiger charge is 2.20. The van der Waals surface area contributed by atoms with Gasteiger partial charge >= 0.3 is 0 Å². The summed E-state index contributed by atoms with van der Waals surface area (Å²) < 4.78 is 0.760. The third-order valence-corrected chi connectivity index (χ3v) is 9.05. The second-order valence-electron chi connectivity index (χ2n) is 10.3. The van der Waals surface area contributed by atoms with Gasteiger partial charge in [-0.2, -0.15) is 5.10 Å². The number of aromatic amines is 2. The lowest BCUT2D eigenvalue weighted by Crippen LogP contribution is -2.20. The topological polar surface area (TPSA) is 73.5 Å². The Morgan fingerprint density at radius 3 is 2.75 bits per heavy atom. The van der Waals surface area contributed by atoms with E-state index in [9.17, 15) is 0 Å². The molecule has 6 nitrogen and oxygen atoms in total. The summed E-state index contributed by atoms with van der Waals surface area (Å²) in [4.78, 5) is 16.8. The van der Waals surface area contributed by atoms with Gasteiger partial charge in [-0.15, -0.1) is 11.3 Å². The molecule has 1 aliphatic heterocycles. The maximum Gasteiger partial charge on any atom is 0.135 e. The molecule has 0 spiro atoms. The molecule has 0 saturated carbocycles. The molecular weight excluding hydrogens is 536 g/mol. The van der Waals surface area contributed by atoms with Crippen molar-refractivity contribution < 1.29 is 0 Å². The lowest BCUT2D eigenvalue weighted by Gasteiger charge is -2.14. The van der Waals surface area contributed by atoms with Crippen molar-refractivity contribution in [3.63, 3.8) is 0 Å². The first-order chi connectivity index (χ1) is 19.6. The molecule has 0 amide bonds. The van der Waals surface area contributed by atoms with Gasteiger partial charge in [0, 0.05) is 22.0 Å². The number of likely N-dealkylation sites (tertiary alicyclic amines) is 1. The second-order valence-corrected chi connectivity index (χ2v) is 12.0. The molecule has 204 valence electrons. The fourth-order valence-electron chi connectivity index (χ4n) is 5.68. The molecule has 1 aliphatic rings. The molecule has 0 bridgehead atoms. The van der Waals surface area contributed by atoms with Crippen molar-refractivity contribution in [3.05, 3.63) is 82.6 Å². The van der Waals surface area contributed by atoms with Crippen LogP contribution in [0, 0.1) is 6.92 Å². The smallest absolute Gasteiger partial charge is 0.135 e. The quantitative estimate of drug-likeness (QED) is 0.175. The van der Waals surface area contributed by atoms with Gasteiger partial charge in [0.25, 0.3) is 0 Å². The standard InChI is InChI=1S/C32H33ClN6S/c1-4-21(9-8-16-39-14-6-7-15-39)17-22(5-2)24-10-11-25-31(35-24)32(38-37-25)30-20(3)29-23(18-34-19-26(29)36-30)27-12-13-28(33)40-27/h4-5,10-13,17-19,36H,1,6-9,14-16H2,2-3H3,(H,37,38)/b21-17+,22-5+. The monoisotopic (exact) mass is 568 g/mol. The molecule has 40 heavy (non-hydrogen) atoms. The minimum absolute atomic E-state index is 0.760. The Morgan fingerprint density at radius 2 is 2.00 bits per heavy atom. The lowest BCUT2D eigenvalue weighted by atomic mass is 10.0. The van der Waals surface area contributed by atoms with Crippen molar-refractivity contribution in [2.24, 2.45) is 0 Å². The van der Waals surface area contributed by atoms with E-state index < -0.39 is 0 Å². The molecule has 0 radical (unpaired) electrons. The number of hydrogen-bond acceptors (Lipinski definition) is 5. The number of hydrogen-bond donors (Lipinski definition) is 2. The van der Waals surface area contributed by atoms with Crippen LogP contribution < -0.4 is 0 Å². The number of aryl methyl sites for hydroxylation is 1. The van der Waals surface area contributed by atoms with E-state index in [0.717, 1.165) is 84.3 Å². The van der Waals surface area contributed by atoms with E-state index >= 15 is 0 Å². The number of nitrogens with zero attached hydrogens (tertiary/aromatic N) is 4. The van der Waals surface area contributed by atoms with E-state index in [4.69, 9.17) is 21.7 Å². The van der Waals surface area contributed by atoms with Crippen LogP contribution in [-0.2, 0) is 0 Å². The van der Waals surface area contributed by atoms with Crippen LogP contribution in [0.25, 0.3) is 49.3 Å². The van der Waals surface area contributed by atoms with Crippen molar-refractivity contribution in [1.29, 1.82) is 0 Å². The van der Waals surface area contributed by atoms with Gasteiger partial charge in [0.15, 0.2) is 0 Å². The summed E-state index contributed by atoms with van der Waals surface area (Å²) in [7, 11) is 0. The molecule has 0 unspecified atom stereocenters. The zero-order chi connectivity index (χ0) is 27.6. The van der Waals surface area contributed by atoms with Crippen LogP contribution >= 0.6 is 22.9 Å². The molecule has 0 aromatic carbocycles. The average Bonchev–Trinajstić information content (AvgIpc) is 3.78. The zero-order valence-corrected chi connectivity index (χ0v) is 24.5. The largest absolute Gasteiger partial charge is 0.352 e. The first kappa shape index (κ1) is 26.7. The molecule has 5 aromatic rings. The number of nitrogens with one attached hydrogen (secondary N) is 2. The third-order valence-electron chi connectivity index (χ3n) is 7.79. The summed E-state index contributed by atoms with van der Waals surface area (Å²) >= 11 is 7.80. The molecule has 5 aromatic heterocycles. The molecule has 0 atom stereocenters. The Morgan fingerprint density at radius 1 is 1.15 bits per heavy atom. The number of rotatable bonds is 9. The fraction of sp³-hybridized carbons (Fsp3) is 0.281. The lowest BCUT2D eigenvalue weighted by molar-refractivity contribution is 0.334. The van der Waals surface area contributed by atoms with Crippen LogP contribution in [0.15, 0.2) is 67.0 Å². The van der Waals surface area contributed by atoms with Gasteiger partial charge in [-0.1, -0.05) is 30.3 Å². The van der Waals surface area contributed by atoms with Crippen LogP contribution in [0.5, 0.6) is 0 Å². The summed E-state index contributed by atoms with van der Waals surface area (Å²) in [5.41, 5.74) is 9.84. The van der Waals surface area contributed by atoms with E-state index in [1.807, 2.05) is 30.6 Å². The summed E-state index contributed by atoms with van der Waals surface area (Å²) in [6.45, 7) is 11.9. The molecule has 1 saturated heterocycles. The Bertz CT molecular complexity index is 1750. The second kappa shape index (κ2) is 11.5. The van der Waals surface area contributed by atoms with Crippen LogP contribution in [0.1, 0.15) is 43.9 Å². The van der Waals surface area contributed by atoms with Crippen molar-refractivity contribution in [1.82, 2.24) is 30.0 Å². The minimum atomic E-state index is 0.760. The number of thiophene rings is 1. The molecule has 1 fully saturated rings. The van der Waals surface area contributed by atoms with Gasteiger partial charge in [-0.05, 0) is 106 Å². The fourth-order valence-corrected chi connectivity index (χ4v) is 6.74. The number of allylic oxidation sites excluding steroid dienone is 5. The normalized spacial score (nSPS) is 15.1. The van der Waals surface area contributed by atoms with Gasteiger partial charge in [0.1, 0.15) is 11.2 Å². The van der Waals surface area contributed by atoms with Gasteiger partial charge < -0.3 is 9.88 Å². The molecule has 2 N–H and O–H groups in total. The molecule has 6 heterocycles.